The number of aliphatic hydroxyl groups is 1. The lowest BCUT2D eigenvalue weighted by atomic mass is 9.93. The second-order valence-corrected chi connectivity index (χ2v) is 7.62. The fraction of sp³-hybridized carbons (Fsp3) is 0.318. The first kappa shape index (κ1) is 21.3. The van der Waals surface area contributed by atoms with Gasteiger partial charge in [-0.15, -0.1) is 0 Å². The molecule has 3 rings (SSSR count). The Balaban J connectivity index is 2.28. The number of benzene rings is 2. The van der Waals surface area contributed by atoms with Crippen molar-refractivity contribution in [3.05, 3.63) is 40.2 Å². The van der Waals surface area contributed by atoms with E-state index in [1.165, 1.54) is 26.4 Å². The maximum Gasteiger partial charge on any atom is 0.204 e. The summed E-state index contributed by atoms with van der Waals surface area (Å²) in [6.45, 7) is 3.29. The van der Waals surface area contributed by atoms with Crippen LogP contribution in [-0.2, 0) is 6.42 Å². The van der Waals surface area contributed by atoms with E-state index in [9.17, 15) is 25.2 Å². The van der Waals surface area contributed by atoms with Crippen molar-refractivity contribution in [2.24, 2.45) is 0 Å². The van der Waals surface area contributed by atoms with E-state index in [0.29, 0.717) is 17.7 Å². The molecule has 1 aromatic heterocycles. The van der Waals surface area contributed by atoms with Gasteiger partial charge in [-0.05, 0) is 32.8 Å². The van der Waals surface area contributed by atoms with Crippen molar-refractivity contribution in [3.63, 3.8) is 0 Å². The predicted octanol–water partition coefficient (Wildman–Crippen LogP) is 3.30. The maximum absolute atomic E-state index is 13.1. The summed E-state index contributed by atoms with van der Waals surface area (Å²) in [6, 6.07) is 3.69. The van der Waals surface area contributed by atoms with E-state index in [4.69, 9.17) is 13.9 Å². The monoisotopic (exact) mass is 416 g/mol. The SMILES string of the molecule is COc1cc(-c2coc3cc(O)cc(O)c3c2=O)c(O)c(CCC(C)(C)O)c1OC. The molecule has 30 heavy (non-hydrogen) atoms. The quantitative estimate of drug-likeness (QED) is 0.482. The van der Waals surface area contributed by atoms with Crippen molar-refractivity contribution >= 4 is 11.0 Å². The number of aromatic hydroxyl groups is 3. The Kier molecular flexibility index (Phi) is 5.54. The van der Waals surface area contributed by atoms with Crippen LogP contribution in [0.1, 0.15) is 25.8 Å². The molecule has 3 aromatic rings. The third-order valence-corrected chi connectivity index (χ3v) is 4.86. The highest BCUT2D eigenvalue weighted by Gasteiger charge is 2.25. The summed E-state index contributed by atoms with van der Waals surface area (Å²) in [6.07, 6.45) is 1.71. The summed E-state index contributed by atoms with van der Waals surface area (Å²) < 4.78 is 16.2. The molecule has 0 atom stereocenters. The van der Waals surface area contributed by atoms with Crippen LogP contribution in [0.5, 0.6) is 28.7 Å². The van der Waals surface area contributed by atoms with E-state index in [1.54, 1.807) is 13.8 Å². The standard InChI is InChI=1S/C22H24O8/c1-22(2,27)6-5-12-19(25)13(9-17(28-3)21(12)29-4)14-10-30-16-8-11(23)7-15(24)18(16)20(14)26/h7-10,23-25,27H,5-6H2,1-4H3. The van der Waals surface area contributed by atoms with Gasteiger partial charge >= 0.3 is 0 Å². The molecule has 0 radical (unpaired) electrons. The van der Waals surface area contributed by atoms with Gasteiger partial charge in [0.2, 0.25) is 5.43 Å². The van der Waals surface area contributed by atoms with Crippen LogP contribution < -0.4 is 14.9 Å². The van der Waals surface area contributed by atoms with Crippen molar-refractivity contribution in [1.29, 1.82) is 0 Å². The molecule has 0 saturated heterocycles. The van der Waals surface area contributed by atoms with Crippen molar-refractivity contribution in [1.82, 2.24) is 0 Å². The van der Waals surface area contributed by atoms with Crippen molar-refractivity contribution < 1.29 is 34.3 Å². The minimum atomic E-state index is -0.990. The van der Waals surface area contributed by atoms with E-state index < -0.39 is 16.8 Å². The Morgan fingerprint density at radius 3 is 2.33 bits per heavy atom. The van der Waals surface area contributed by atoms with Gasteiger partial charge in [-0.2, -0.15) is 0 Å². The number of fused-ring (bicyclic) bond motifs is 1. The van der Waals surface area contributed by atoms with Gasteiger partial charge in [0, 0.05) is 23.3 Å². The molecule has 0 aliphatic rings. The summed E-state index contributed by atoms with van der Waals surface area (Å²) >= 11 is 0. The van der Waals surface area contributed by atoms with Crippen LogP contribution in [0, 0.1) is 0 Å². The first-order valence-electron chi connectivity index (χ1n) is 9.24. The highest BCUT2D eigenvalue weighted by Crippen LogP contribution is 2.45. The third-order valence-electron chi connectivity index (χ3n) is 4.86. The smallest absolute Gasteiger partial charge is 0.204 e. The van der Waals surface area contributed by atoms with Crippen LogP contribution in [0.2, 0.25) is 0 Å². The second-order valence-electron chi connectivity index (χ2n) is 7.62. The molecule has 0 aliphatic carbocycles. The Hall–Kier alpha value is -3.39. The van der Waals surface area contributed by atoms with E-state index in [-0.39, 0.29) is 45.8 Å². The zero-order valence-corrected chi connectivity index (χ0v) is 17.1. The lowest BCUT2D eigenvalue weighted by molar-refractivity contribution is 0.0710. The summed E-state index contributed by atoms with van der Waals surface area (Å²) in [5.41, 5.74) is -1.10. The summed E-state index contributed by atoms with van der Waals surface area (Å²) in [5, 5.41) is 40.7. The topological polar surface area (TPSA) is 130 Å². The number of phenols is 3. The fourth-order valence-electron chi connectivity index (χ4n) is 3.33. The van der Waals surface area contributed by atoms with Crippen molar-refractivity contribution in [3.8, 4) is 39.9 Å². The molecule has 0 aliphatic heterocycles. The van der Waals surface area contributed by atoms with Gasteiger partial charge in [0.15, 0.2) is 11.5 Å². The summed E-state index contributed by atoms with van der Waals surface area (Å²) in [5.74, 6) is -0.338. The molecule has 4 N–H and O–H groups in total. The lowest BCUT2D eigenvalue weighted by Crippen LogP contribution is -2.19. The Morgan fingerprint density at radius 1 is 1.03 bits per heavy atom. The largest absolute Gasteiger partial charge is 0.508 e. The van der Waals surface area contributed by atoms with E-state index in [1.807, 2.05) is 0 Å². The Labute approximate surface area is 172 Å². The predicted molar refractivity (Wildman–Crippen MR) is 111 cm³/mol. The number of ether oxygens (including phenoxy) is 2. The number of rotatable bonds is 6. The molecule has 160 valence electrons. The van der Waals surface area contributed by atoms with Crippen LogP contribution in [-0.4, -0.2) is 40.2 Å². The Morgan fingerprint density at radius 2 is 1.73 bits per heavy atom. The summed E-state index contributed by atoms with van der Waals surface area (Å²) in [7, 11) is 2.86. The van der Waals surface area contributed by atoms with E-state index >= 15 is 0 Å². The van der Waals surface area contributed by atoms with Crippen molar-refractivity contribution in [2.45, 2.75) is 32.3 Å². The van der Waals surface area contributed by atoms with Gasteiger partial charge in [-0.3, -0.25) is 4.79 Å². The number of hydrogen-bond acceptors (Lipinski definition) is 8. The molecule has 1 heterocycles. The molecule has 0 fully saturated rings. The molecule has 8 heteroatoms. The highest BCUT2D eigenvalue weighted by atomic mass is 16.5. The average molecular weight is 416 g/mol. The zero-order chi connectivity index (χ0) is 22.2. The Bertz CT molecular complexity index is 1150. The minimum Gasteiger partial charge on any atom is -0.508 e. The van der Waals surface area contributed by atoms with Crippen LogP contribution in [0.15, 0.2) is 33.7 Å². The highest BCUT2D eigenvalue weighted by molar-refractivity contribution is 5.89. The second kappa shape index (κ2) is 7.79. The molecule has 0 bridgehead atoms. The molecule has 8 nitrogen and oxygen atoms in total. The van der Waals surface area contributed by atoms with Gasteiger partial charge in [-0.25, -0.2) is 0 Å². The molecular formula is C22H24O8. The van der Waals surface area contributed by atoms with Crippen LogP contribution in [0.25, 0.3) is 22.1 Å². The number of phenolic OH excluding ortho intramolecular Hbond substituents is 3. The van der Waals surface area contributed by atoms with E-state index in [0.717, 1.165) is 12.3 Å². The molecule has 2 aromatic carbocycles. The lowest BCUT2D eigenvalue weighted by Gasteiger charge is -2.21. The van der Waals surface area contributed by atoms with Crippen LogP contribution in [0.4, 0.5) is 0 Å². The molecule has 0 amide bonds. The van der Waals surface area contributed by atoms with Crippen molar-refractivity contribution in [2.75, 3.05) is 14.2 Å². The van der Waals surface area contributed by atoms with E-state index in [2.05, 4.69) is 0 Å². The molecule has 0 unspecified atom stereocenters. The summed E-state index contributed by atoms with van der Waals surface area (Å²) in [4.78, 5) is 13.1. The maximum atomic E-state index is 13.1. The normalized spacial score (nSPS) is 11.6. The molecular weight excluding hydrogens is 392 g/mol. The zero-order valence-electron chi connectivity index (χ0n) is 17.1. The van der Waals surface area contributed by atoms with Gasteiger partial charge < -0.3 is 34.3 Å². The molecule has 0 spiro atoms. The van der Waals surface area contributed by atoms with Crippen LogP contribution >= 0.6 is 0 Å². The third kappa shape index (κ3) is 3.86. The first-order valence-corrected chi connectivity index (χ1v) is 9.24. The van der Waals surface area contributed by atoms with Gasteiger partial charge in [0.25, 0.3) is 0 Å². The first-order chi connectivity index (χ1) is 14.1. The fourth-order valence-corrected chi connectivity index (χ4v) is 3.33. The number of hydrogen-bond donors (Lipinski definition) is 4. The number of methoxy groups -OCH3 is 2. The van der Waals surface area contributed by atoms with Gasteiger partial charge in [-0.1, -0.05) is 0 Å². The van der Waals surface area contributed by atoms with Crippen LogP contribution in [0.3, 0.4) is 0 Å². The minimum absolute atomic E-state index is 0.00321. The van der Waals surface area contributed by atoms with Gasteiger partial charge in [0.05, 0.1) is 25.4 Å². The average Bonchev–Trinajstić information content (AvgIpc) is 2.66. The van der Waals surface area contributed by atoms with Gasteiger partial charge in [0.1, 0.15) is 34.5 Å². The molecule has 0 saturated carbocycles.